The van der Waals surface area contributed by atoms with Crippen molar-refractivity contribution in [2.45, 2.75) is 18.4 Å². The Bertz CT molecular complexity index is 757. The van der Waals surface area contributed by atoms with Crippen molar-refractivity contribution in [2.75, 3.05) is 23.9 Å². The maximum atomic E-state index is 11.7. The minimum Gasteiger partial charge on any atom is -0.396 e. The van der Waals surface area contributed by atoms with Gasteiger partial charge in [-0.15, -0.1) is 0 Å². The van der Waals surface area contributed by atoms with Crippen molar-refractivity contribution in [3.63, 3.8) is 0 Å². The van der Waals surface area contributed by atoms with E-state index in [1.807, 2.05) is 37.1 Å². The van der Waals surface area contributed by atoms with Gasteiger partial charge >= 0.3 is 0 Å². The third-order valence-electron chi connectivity index (χ3n) is 3.20. The molecule has 21 heavy (non-hydrogen) atoms. The highest BCUT2D eigenvalue weighted by Crippen LogP contribution is 2.29. The number of nitrogens with two attached hydrogens (primary N) is 1. The molecule has 0 aliphatic rings. The first kappa shape index (κ1) is 15.3. The van der Waals surface area contributed by atoms with Gasteiger partial charge in [-0.3, -0.25) is 4.98 Å². The van der Waals surface area contributed by atoms with Gasteiger partial charge in [0.25, 0.3) is 0 Å². The first-order chi connectivity index (χ1) is 9.79. The minimum absolute atomic E-state index is 0.157. The second kappa shape index (κ2) is 5.73. The molecule has 0 amide bonds. The van der Waals surface area contributed by atoms with Crippen molar-refractivity contribution in [2.24, 2.45) is 0 Å². The summed E-state index contributed by atoms with van der Waals surface area (Å²) in [6.45, 7) is 2.49. The Morgan fingerprint density at radius 1 is 1.19 bits per heavy atom. The number of aromatic nitrogens is 1. The molecular weight excluding hydrogens is 286 g/mol. The van der Waals surface area contributed by atoms with Crippen LogP contribution in [0.25, 0.3) is 0 Å². The summed E-state index contributed by atoms with van der Waals surface area (Å²) in [6.07, 6.45) is 1.16. The van der Waals surface area contributed by atoms with Gasteiger partial charge < -0.3 is 10.6 Å². The average Bonchev–Trinajstić information content (AvgIpc) is 2.37. The van der Waals surface area contributed by atoms with E-state index >= 15 is 0 Å². The summed E-state index contributed by atoms with van der Waals surface area (Å²) in [5, 5.41) is 0. The maximum Gasteiger partial charge on any atom is 0.177 e. The minimum atomic E-state index is -3.34. The van der Waals surface area contributed by atoms with Crippen LogP contribution in [0, 0.1) is 6.92 Å². The normalized spacial score (nSPS) is 11.4. The van der Waals surface area contributed by atoms with Crippen molar-refractivity contribution >= 4 is 21.2 Å². The molecule has 1 heterocycles. The van der Waals surface area contributed by atoms with Crippen LogP contribution in [0.4, 0.5) is 11.4 Å². The summed E-state index contributed by atoms with van der Waals surface area (Å²) in [4.78, 5) is 6.49. The molecule has 0 spiro atoms. The lowest BCUT2D eigenvalue weighted by atomic mass is 10.2. The van der Waals surface area contributed by atoms with Crippen LogP contribution in [-0.4, -0.2) is 26.7 Å². The summed E-state index contributed by atoms with van der Waals surface area (Å²) < 4.78 is 23.4. The number of rotatable bonds is 4. The van der Waals surface area contributed by atoms with Crippen LogP contribution in [-0.2, 0) is 16.4 Å². The maximum absolute atomic E-state index is 11.7. The smallest absolute Gasteiger partial charge is 0.177 e. The van der Waals surface area contributed by atoms with E-state index in [9.17, 15) is 8.42 Å². The van der Waals surface area contributed by atoms with Gasteiger partial charge in [-0.2, -0.15) is 0 Å². The van der Waals surface area contributed by atoms with Gasteiger partial charge in [0.15, 0.2) is 9.84 Å². The molecule has 0 aliphatic heterocycles. The van der Waals surface area contributed by atoms with E-state index in [1.54, 1.807) is 12.1 Å². The van der Waals surface area contributed by atoms with E-state index in [0.29, 0.717) is 12.2 Å². The van der Waals surface area contributed by atoms with Crippen molar-refractivity contribution in [3.05, 3.63) is 47.8 Å². The predicted octanol–water partition coefficient (Wildman–Crippen LogP) is 2.01. The molecule has 0 saturated carbocycles. The van der Waals surface area contributed by atoms with Gasteiger partial charge in [0.05, 0.1) is 28.5 Å². The van der Waals surface area contributed by atoms with Crippen LogP contribution in [0.15, 0.2) is 41.3 Å². The van der Waals surface area contributed by atoms with E-state index in [-0.39, 0.29) is 10.6 Å². The molecule has 2 aromatic rings. The lowest BCUT2D eigenvalue weighted by Gasteiger charge is -2.22. The monoisotopic (exact) mass is 305 g/mol. The molecule has 0 bridgehead atoms. The summed E-state index contributed by atoms with van der Waals surface area (Å²) in [5.74, 6) is 0. The molecule has 112 valence electrons. The third-order valence-corrected chi connectivity index (χ3v) is 4.35. The number of para-hydroxylation sites is 1. The first-order valence-corrected chi connectivity index (χ1v) is 8.40. The number of anilines is 2. The molecule has 0 aliphatic carbocycles. The van der Waals surface area contributed by atoms with Crippen LogP contribution in [0.2, 0.25) is 0 Å². The summed E-state index contributed by atoms with van der Waals surface area (Å²) >= 11 is 0. The van der Waals surface area contributed by atoms with Gasteiger partial charge in [0.2, 0.25) is 0 Å². The Balaban J connectivity index is 2.34. The van der Waals surface area contributed by atoms with Crippen molar-refractivity contribution < 1.29 is 8.42 Å². The van der Waals surface area contributed by atoms with Gasteiger partial charge in [-0.1, -0.05) is 12.1 Å². The molecule has 6 heteroatoms. The lowest BCUT2D eigenvalue weighted by Crippen LogP contribution is -2.19. The Hall–Kier alpha value is -2.08. The van der Waals surface area contributed by atoms with E-state index in [4.69, 9.17) is 5.73 Å². The zero-order chi connectivity index (χ0) is 15.6. The highest BCUT2D eigenvalue weighted by atomic mass is 32.2. The number of benzene rings is 1. The molecule has 5 nitrogen and oxygen atoms in total. The molecule has 2 rings (SSSR count). The second-order valence-corrected chi connectivity index (χ2v) is 7.07. The molecule has 0 saturated heterocycles. The van der Waals surface area contributed by atoms with Crippen LogP contribution in [0.3, 0.4) is 0 Å². The molecule has 0 atom stereocenters. The molecule has 0 radical (unpaired) electrons. The largest absolute Gasteiger partial charge is 0.396 e. The summed E-state index contributed by atoms with van der Waals surface area (Å²) in [7, 11) is -1.47. The SMILES string of the molecule is Cc1cccc(CN(C)c2cccc(S(C)(=O)=O)c2N)n1. The Labute approximate surface area is 125 Å². The molecule has 1 aromatic heterocycles. The number of nitrogens with zero attached hydrogens (tertiary/aromatic N) is 2. The van der Waals surface area contributed by atoms with Gasteiger partial charge in [-0.25, -0.2) is 8.42 Å². The topological polar surface area (TPSA) is 76.3 Å². The quantitative estimate of drug-likeness (QED) is 0.874. The summed E-state index contributed by atoms with van der Waals surface area (Å²) in [5.41, 5.74) is 8.82. The standard InChI is InChI=1S/C15H19N3O2S/c1-11-6-4-7-12(17-11)10-18(2)13-8-5-9-14(15(13)16)21(3,19)20/h4-9H,10,16H2,1-3H3. The van der Waals surface area contributed by atoms with Crippen molar-refractivity contribution in [1.29, 1.82) is 0 Å². The lowest BCUT2D eigenvalue weighted by molar-refractivity contribution is 0.602. The molecule has 2 N–H and O–H groups in total. The fourth-order valence-electron chi connectivity index (χ4n) is 2.20. The number of hydrogen-bond donors (Lipinski definition) is 1. The summed E-state index contributed by atoms with van der Waals surface area (Å²) in [6, 6.07) is 10.8. The average molecular weight is 305 g/mol. The Morgan fingerprint density at radius 3 is 2.48 bits per heavy atom. The molecule has 1 aromatic carbocycles. The number of hydrogen-bond acceptors (Lipinski definition) is 5. The third kappa shape index (κ3) is 3.52. The van der Waals surface area contributed by atoms with Gasteiger partial charge in [0.1, 0.15) is 0 Å². The molecule has 0 unspecified atom stereocenters. The van der Waals surface area contributed by atoms with Gasteiger partial charge in [0, 0.05) is 19.0 Å². The highest BCUT2D eigenvalue weighted by molar-refractivity contribution is 7.90. The number of nitrogen functional groups attached to an aromatic ring is 1. The van der Waals surface area contributed by atoms with E-state index in [0.717, 1.165) is 17.6 Å². The van der Waals surface area contributed by atoms with Crippen LogP contribution in [0.1, 0.15) is 11.4 Å². The molecular formula is C15H19N3O2S. The highest BCUT2D eigenvalue weighted by Gasteiger charge is 2.16. The van der Waals surface area contributed by atoms with E-state index in [2.05, 4.69) is 4.98 Å². The zero-order valence-corrected chi connectivity index (χ0v) is 13.2. The van der Waals surface area contributed by atoms with Crippen molar-refractivity contribution in [3.8, 4) is 0 Å². The van der Waals surface area contributed by atoms with E-state index < -0.39 is 9.84 Å². The predicted molar refractivity (Wildman–Crippen MR) is 85.0 cm³/mol. The second-order valence-electron chi connectivity index (χ2n) is 5.09. The van der Waals surface area contributed by atoms with Crippen LogP contribution in [0.5, 0.6) is 0 Å². The first-order valence-electron chi connectivity index (χ1n) is 6.51. The fraction of sp³-hybridized carbons (Fsp3) is 0.267. The van der Waals surface area contributed by atoms with Gasteiger partial charge in [-0.05, 0) is 31.2 Å². The fourth-order valence-corrected chi connectivity index (χ4v) is 3.03. The number of pyridine rings is 1. The zero-order valence-electron chi connectivity index (χ0n) is 12.4. The Morgan fingerprint density at radius 2 is 1.86 bits per heavy atom. The molecule has 0 fully saturated rings. The Kier molecular flexibility index (Phi) is 4.18. The van der Waals surface area contributed by atoms with Crippen molar-refractivity contribution in [1.82, 2.24) is 4.98 Å². The number of sulfone groups is 1. The number of aryl methyl sites for hydroxylation is 1. The van der Waals surface area contributed by atoms with E-state index in [1.165, 1.54) is 6.07 Å². The van der Waals surface area contributed by atoms with Crippen LogP contribution >= 0.6 is 0 Å². The van der Waals surface area contributed by atoms with Crippen LogP contribution < -0.4 is 10.6 Å².